The van der Waals surface area contributed by atoms with Crippen molar-refractivity contribution >= 4 is 5.91 Å². The first-order chi connectivity index (χ1) is 6.70. The zero-order valence-corrected chi connectivity index (χ0v) is 8.96. The van der Waals surface area contributed by atoms with Crippen LogP contribution in [0.5, 0.6) is 0 Å². The van der Waals surface area contributed by atoms with Crippen LogP contribution in [-0.4, -0.2) is 30.7 Å². The van der Waals surface area contributed by atoms with Gasteiger partial charge in [0.05, 0.1) is 0 Å². The highest BCUT2D eigenvalue weighted by Crippen LogP contribution is 1.98. The molecule has 0 aliphatic heterocycles. The van der Waals surface area contributed by atoms with Crippen LogP contribution in [0.2, 0.25) is 0 Å². The quantitative estimate of drug-likeness (QED) is 0.494. The normalized spacial score (nSPS) is 12.5. The first-order valence-electron chi connectivity index (χ1n) is 5.28. The monoisotopic (exact) mass is 202 g/mol. The molecule has 0 radical (unpaired) electrons. The van der Waals surface area contributed by atoms with Gasteiger partial charge in [0.25, 0.3) is 0 Å². The van der Waals surface area contributed by atoms with E-state index in [-0.39, 0.29) is 18.4 Å². The molecule has 1 amide bonds. The third-order valence-electron chi connectivity index (χ3n) is 2.07. The minimum Gasteiger partial charge on any atom is -0.396 e. The average molecular weight is 202 g/mol. The largest absolute Gasteiger partial charge is 0.396 e. The fourth-order valence-electron chi connectivity index (χ4n) is 1.05. The van der Waals surface area contributed by atoms with Gasteiger partial charge in [0.2, 0.25) is 5.91 Å². The minimum absolute atomic E-state index is 0.0716. The fraction of sp³-hybridized carbons (Fsp3) is 0.900. The maximum atomic E-state index is 11.2. The molecule has 1 unspecified atom stereocenters. The Morgan fingerprint density at radius 2 is 2.14 bits per heavy atom. The van der Waals surface area contributed by atoms with Crippen LogP contribution in [0.25, 0.3) is 0 Å². The molecule has 0 heterocycles. The van der Waals surface area contributed by atoms with Gasteiger partial charge in [0.1, 0.15) is 0 Å². The van der Waals surface area contributed by atoms with Crippen molar-refractivity contribution in [2.24, 2.45) is 11.7 Å². The van der Waals surface area contributed by atoms with Crippen LogP contribution in [0.1, 0.15) is 32.6 Å². The molecule has 0 aromatic heterocycles. The summed E-state index contributed by atoms with van der Waals surface area (Å²) in [6, 6.07) is 0. The second-order valence-corrected chi connectivity index (χ2v) is 3.69. The van der Waals surface area contributed by atoms with Crippen molar-refractivity contribution < 1.29 is 9.90 Å². The lowest BCUT2D eigenvalue weighted by Gasteiger charge is -2.09. The van der Waals surface area contributed by atoms with Gasteiger partial charge in [-0.3, -0.25) is 4.79 Å². The summed E-state index contributed by atoms with van der Waals surface area (Å²) in [7, 11) is 0. The summed E-state index contributed by atoms with van der Waals surface area (Å²) < 4.78 is 0. The number of aliphatic hydroxyl groups excluding tert-OH is 1. The molecule has 0 fully saturated rings. The second kappa shape index (κ2) is 8.97. The molecule has 1 atom stereocenters. The lowest BCUT2D eigenvalue weighted by molar-refractivity contribution is -0.121. The predicted molar refractivity (Wildman–Crippen MR) is 56.8 cm³/mol. The van der Waals surface area contributed by atoms with Crippen LogP contribution in [0, 0.1) is 5.92 Å². The molecule has 0 rings (SSSR count). The SMILES string of the molecule is CC(CO)CNC(=O)CCCCCN. The molecule has 0 spiro atoms. The van der Waals surface area contributed by atoms with Crippen LogP contribution in [-0.2, 0) is 4.79 Å². The summed E-state index contributed by atoms with van der Waals surface area (Å²) in [5.41, 5.74) is 5.33. The molecule has 4 heteroatoms. The van der Waals surface area contributed by atoms with Gasteiger partial charge in [-0.15, -0.1) is 0 Å². The molecule has 4 nitrogen and oxygen atoms in total. The van der Waals surface area contributed by atoms with Crippen LogP contribution >= 0.6 is 0 Å². The number of unbranched alkanes of at least 4 members (excludes halogenated alkanes) is 2. The van der Waals surface area contributed by atoms with Gasteiger partial charge in [0, 0.05) is 19.6 Å². The van der Waals surface area contributed by atoms with Crippen molar-refractivity contribution in [3.05, 3.63) is 0 Å². The summed E-state index contributed by atoms with van der Waals surface area (Å²) in [5, 5.41) is 11.5. The van der Waals surface area contributed by atoms with E-state index >= 15 is 0 Å². The van der Waals surface area contributed by atoms with E-state index in [1.54, 1.807) is 0 Å². The van der Waals surface area contributed by atoms with Gasteiger partial charge in [-0.2, -0.15) is 0 Å². The number of nitrogens with one attached hydrogen (secondary N) is 1. The molecule has 0 bridgehead atoms. The Morgan fingerprint density at radius 1 is 1.43 bits per heavy atom. The Bertz CT molecular complexity index is 151. The first kappa shape index (κ1) is 13.4. The number of carbonyl (C=O) groups is 1. The Kier molecular flexibility index (Phi) is 8.57. The van der Waals surface area contributed by atoms with Crippen molar-refractivity contribution in [2.75, 3.05) is 19.7 Å². The number of carbonyl (C=O) groups excluding carboxylic acids is 1. The average Bonchev–Trinajstić information content (AvgIpc) is 2.21. The topological polar surface area (TPSA) is 75.3 Å². The van der Waals surface area contributed by atoms with Crippen LogP contribution in [0.15, 0.2) is 0 Å². The Balaban J connectivity index is 3.28. The summed E-state index contributed by atoms with van der Waals surface area (Å²) in [6.07, 6.45) is 3.47. The maximum Gasteiger partial charge on any atom is 0.220 e. The van der Waals surface area contributed by atoms with E-state index in [2.05, 4.69) is 5.32 Å². The lowest BCUT2D eigenvalue weighted by Crippen LogP contribution is -2.29. The van der Waals surface area contributed by atoms with Crippen molar-refractivity contribution in [3.8, 4) is 0 Å². The Morgan fingerprint density at radius 3 is 2.71 bits per heavy atom. The summed E-state index contributed by atoms with van der Waals surface area (Å²) in [6.45, 7) is 3.28. The number of rotatable bonds is 8. The standard InChI is InChI=1S/C10H22N2O2/c1-9(8-13)7-12-10(14)5-3-2-4-6-11/h9,13H,2-8,11H2,1H3,(H,12,14). The molecular formula is C10H22N2O2. The van der Waals surface area contributed by atoms with E-state index in [1.807, 2.05) is 6.92 Å². The Labute approximate surface area is 85.9 Å². The summed E-state index contributed by atoms with van der Waals surface area (Å²) >= 11 is 0. The fourth-order valence-corrected chi connectivity index (χ4v) is 1.05. The highest BCUT2D eigenvalue weighted by molar-refractivity contribution is 5.75. The maximum absolute atomic E-state index is 11.2. The molecule has 0 saturated carbocycles. The lowest BCUT2D eigenvalue weighted by atomic mass is 10.1. The summed E-state index contributed by atoms with van der Waals surface area (Å²) in [5.74, 6) is 0.213. The predicted octanol–water partition coefficient (Wildman–Crippen LogP) is 0.250. The minimum atomic E-state index is 0.0716. The number of nitrogens with two attached hydrogens (primary N) is 1. The molecular weight excluding hydrogens is 180 g/mol. The van der Waals surface area contributed by atoms with Gasteiger partial charge in [0.15, 0.2) is 0 Å². The summed E-state index contributed by atoms with van der Waals surface area (Å²) in [4.78, 5) is 11.2. The van der Waals surface area contributed by atoms with E-state index in [4.69, 9.17) is 10.8 Å². The number of hydrogen-bond acceptors (Lipinski definition) is 3. The highest BCUT2D eigenvalue weighted by atomic mass is 16.3. The van der Waals surface area contributed by atoms with Crippen molar-refractivity contribution in [3.63, 3.8) is 0 Å². The third kappa shape index (κ3) is 8.01. The van der Waals surface area contributed by atoms with Crippen molar-refractivity contribution in [1.29, 1.82) is 0 Å². The van der Waals surface area contributed by atoms with Gasteiger partial charge in [-0.05, 0) is 25.3 Å². The first-order valence-corrected chi connectivity index (χ1v) is 5.28. The van der Waals surface area contributed by atoms with Crippen molar-refractivity contribution in [1.82, 2.24) is 5.32 Å². The molecule has 0 aromatic rings. The van der Waals surface area contributed by atoms with Gasteiger partial charge in [-0.1, -0.05) is 13.3 Å². The van der Waals surface area contributed by atoms with Crippen LogP contribution in [0.4, 0.5) is 0 Å². The number of aliphatic hydroxyl groups is 1. The van der Waals surface area contributed by atoms with E-state index in [0.717, 1.165) is 19.3 Å². The highest BCUT2D eigenvalue weighted by Gasteiger charge is 2.03. The Hall–Kier alpha value is -0.610. The van der Waals surface area contributed by atoms with E-state index in [9.17, 15) is 4.79 Å². The zero-order chi connectivity index (χ0) is 10.8. The molecule has 14 heavy (non-hydrogen) atoms. The smallest absolute Gasteiger partial charge is 0.220 e. The molecule has 0 aromatic carbocycles. The van der Waals surface area contributed by atoms with Crippen LogP contribution in [0.3, 0.4) is 0 Å². The molecule has 0 aliphatic carbocycles. The van der Waals surface area contributed by atoms with E-state index in [1.165, 1.54) is 0 Å². The number of hydrogen-bond donors (Lipinski definition) is 3. The van der Waals surface area contributed by atoms with Gasteiger partial charge >= 0.3 is 0 Å². The second-order valence-electron chi connectivity index (χ2n) is 3.69. The number of amides is 1. The molecule has 84 valence electrons. The van der Waals surface area contributed by atoms with E-state index < -0.39 is 0 Å². The van der Waals surface area contributed by atoms with Crippen LogP contribution < -0.4 is 11.1 Å². The molecule has 0 aliphatic rings. The van der Waals surface area contributed by atoms with E-state index in [0.29, 0.717) is 19.5 Å². The molecule has 4 N–H and O–H groups in total. The van der Waals surface area contributed by atoms with Gasteiger partial charge < -0.3 is 16.2 Å². The molecule has 0 saturated heterocycles. The van der Waals surface area contributed by atoms with Gasteiger partial charge in [-0.25, -0.2) is 0 Å². The zero-order valence-electron chi connectivity index (χ0n) is 8.96. The van der Waals surface area contributed by atoms with Crippen molar-refractivity contribution in [2.45, 2.75) is 32.6 Å². The third-order valence-corrected chi connectivity index (χ3v) is 2.07.